The number of nitrogens with zero attached hydrogens (tertiary/aromatic N) is 4. The molecule has 0 saturated carbocycles. The van der Waals surface area contributed by atoms with Crippen molar-refractivity contribution in [1.29, 1.82) is 0 Å². The average molecular weight is 289 g/mol. The second kappa shape index (κ2) is 5.31. The maximum Gasteiger partial charge on any atom is 0.291 e. The zero-order valence-electron chi connectivity index (χ0n) is 12.5. The van der Waals surface area contributed by atoms with Crippen molar-refractivity contribution >= 4 is 5.91 Å². The maximum absolute atomic E-state index is 12.6. The number of aromatic amines is 1. The maximum atomic E-state index is 12.6. The molecule has 7 nitrogen and oxygen atoms in total. The van der Waals surface area contributed by atoms with E-state index in [1.165, 1.54) is 6.33 Å². The summed E-state index contributed by atoms with van der Waals surface area (Å²) in [7, 11) is 0. The highest BCUT2D eigenvalue weighted by molar-refractivity contribution is 5.92. The van der Waals surface area contributed by atoms with Gasteiger partial charge < -0.3 is 9.32 Å². The van der Waals surface area contributed by atoms with Crippen LogP contribution in [0.2, 0.25) is 0 Å². The van der Waals surface area contributed by atoms with Crippen molar-refractivity contribution in [2.75, 3.05) is 13.1 Å². The smallest absolute Gasteiger partial charge is 0.291 e. The van der Waals surface area contributed by atoms with Crippen molar-refractivity contribution in [3.05, 3.63) is 29.5 Å². The van der Waals surface area contributed by atoms with Gasteiger partial charge >= 0.3 is 0 Å². The summed E-state index contributed by atoms with van der Waals surface area (Å²) >= 11 is 0. The van der Waals surface area contributed by atoms with Crippen molar-refractivity contribution in [1.82, 2.24) is 25.1 Å². The fourth-order valence-electron chi connectivity index (χ4n) is 2.59. The van der Waals surface area contributed by atoms with Crippen molar-refractivity contribution in [3.63, 3.8) is 0 Å². The Morgan fingerprint density at radius 3 is 2.95 bits per heavy atom. The van der Waals surface area contributed by atoms with Crippen LogP contribution in [0.15, 0.2) is 10.7 Å². The molecule has 1 amide bonds. The lowest BCUT2D eigenvalue weighted by molar-refractivity contribution is 0.0755. The van der Waals surface area contributed by atoms with Crippen LogP contribution in [0.25, 0.3) is 0 Å². The van der Waals surface area contributed by atoms with E-state index in [2.05, 4.69) is 20.2 Å². The van der Waals surface area contributed by atoms with E-state index in [9.17, 15) is 4.79 Å². The van der Waals surface area contributed by atoms with E-state index < -0.39 is 0 Å². The Kier molecular flexibility index (Phi) is 3.48. The van der Waals surface area contributed by atoms with Crippen molar-refractivity contribution in [3.8, 4) is 0 Å². The van der Waals surface area contributed by atoms with Crippen molar-refractivity contribution in [2.24, 2.45) is 0 Å². The molecule has 1 aliphatic heterocycles. The number of oxazole rings is 1. The van der Waals surface area contributed by atoms with Crippen molar-refractivity contribution in [2.45, 2.75) is 39.0 Å². The first-order valence-electron chi connectivity index (χ1n) is 7.18. The van der Waals surface area contributed by atoms with E-state index in [-0.39, 0.29) is 17.7 Å². The average Bonchev–Trinajstić information content (AvgIpc) is 3.17. The molecule has 21 heavy (non-hydrogen) atoms. The number of aromatic nitrogens is 4. The summed E-state index contributed by atoms with van der Waals surface area (Å²) in [6.45, 7) is 7.13. The lowest BCUT2D eigenvalue weighted by Gasteiger charge is -2.14. The summed E-state index contributed by atoms with van der Waals surface area (Å²) in [5, 5.41) is 6.74. The molecule has 3 heterocycles. The molecule has 2 aromatic rings. The van der Waals surface area contributed by atoms with Crippen LogP contribution in [0.1, 0.15) is 60.1 Å². The Morgan fingerprint density at radius 2 is 2.33 bits per heavy atom. The lowest BCUT2D eigenvalue weighted by atomic mass is 10.1. The predicted octanol–water partition coefficient (Wildman–Crippen LogP) is 1.85. The quantitative estimate of drug-likeness (QED) is 0.931. The number of H-pyrrole nitrogens is 1. The van der Waals surface area contributed by atoms with Gasteiger partial charge in [-0.25, -0.2) is 9.97 Å². The van der Waals surface area contributed by atoms with E-state index in [0.717, 1.165) is 12.2 Å². The second-order valence-corrected chi connectivity index (χ2v) is 5.73. The van der Waals surface area contributed by atoms with Gasteiger partial charge in [0.15, 0.2) is 5.89 Å². The van der Waals surface area contributed by atoms with E-state index in [0.29, 0.717) is 30.4 Å². The lowest BCUT2D eigenvalue weighted by Crippen LogP contribution is -2.28. The molecular formula is C14H19N5O2. The molecule has 1 aliphatic rings. The van der Waals surface area contributed by atoms with Crippen LogP contribution < -0.4 is 0 Å². The SMILES string of the molecule is Cc1nc(C(C)C)oc1C(=O)N1CCC(c2ncn[nH]2)C1. The van der Waals surface area contributed by atoms with Crippen LogP contribution in [0.3, 0.4) is 0 Å². The highest BCUT2D eigenvalue weighted by Gasteiger charge is 2.32. The summed E-state index contributed by atoms with van der Waals surface area (Å²) in [6, 6.07) is 0. The van der Waals surface area contributed by atoms with Gasteiger partial charge in [0.2, 0.25) is 5.76 Å². The highest BCUT2D eigenvalue weighted by Crippen LogP contribution is 2.27. The summed E-state index contributed by atoms with van der Waals surface area (Å²) in [5.74, 6) is 2.10. The van der Waals surface area contributed by atoms with E-state index >= 15 is 0 Å². The van der Waals surface area contributed by atoms with Gasteiger partial charge in [0.1, 0.15) is 12.2 Å². The Hall–Kier alpha value is -2.18. The molecule has 0 aliphatic carbocycles. The molecule has 0 spiro atoms. The van der Waals surface area contributed by atoms with Crippen LogP contribution in [0, 0.1) is 6.92 Å². The minimum atomic E-state index is -0.0890. The van der Waals surface area contributed by atoms with E-state index in [1.807, 2.05) is 20.8 Å². The number of hydrogen-bond donors (Lipinski definition) is 1. The Morgan fingerprint density at radius 1 is 1.52 bits per heavy atom. The molecule has 0 bridgehead atoms. The third-order valence-corrected chi connectivity index (χ3v) is 3.80. The number of aryl methyl sites for hydroxylation is 1. The minimum Gasteiger partial charge on any atom is -0.435 e. The minimum absolute atomic E-state index is 0.0890. The molecule has 1 fully saturated rings. The van der Waals surface area contributed by atoms with E-state index in [4.69, 9.17) is 4.42 Å². The zero-order chi connectivity index (χ0) is 15.0. The standard InChI is InChI=1S/C14H19N5O2/c1-8(2)13-17-9(3)11(21-13)14(20)19-5-4-10(6-19)12-15-7-16-18-12/h7-8,10H,4-6H2,1-3H3,(H,15,16,18). The summed E-state index contributed by atoms with van der Waals surface area (Å²) in [4.78, 5) is 22.9. The normalized spacial score (nSPS) is 18.7. The van der Waals surface area contributed by atoms with Gasteiger partial charge in [-0.15, -0.1) is 0 Å². The fraction of sp³-hybridized carbons (Fsp3) is 0.571. The Labute approximate surface area is 122 Å². The Bertz CT molecular complexity index is 632. The van der Waals surface area contributed by atoms with Crippen LogP contribution in [0.4, 0.5) is 0 Å². The van der Waals surface area contributed by atoms with Crippen molar-refractivity contribution < 1.29 is 9.21 Å². The molecular weight excluding hydrogens is 270 g/mol. The molecule has 1 N–H and O–H groups in total. The molecule has 1 unspecified atom stereocenters. The van der Waals surface area contributed by atoms with Gasteiger partial charge in [-0.3, -0.25) is 9.89 Å². The van der Waals surface area contributed by atoms with Gasteiger partial charge in [0.25, 0.3) is 5.91 Å². The number of rotatable bonds is 3. The molecule has 1 saturated heterocycles. The van der Waals surface area contributed by atoms with Crippen LogP contribution in [-0.2, 0) is 0 Å². The first-order chi connectivity index (χ1) is 10.1. The molecule has 0 radical (unpaired) electrons. The van der Waals surface area contributed by atoms with Gasteiger partial charge in [0, 0.05) is 24.9 Å². The number of carbonyl (C=O) groups excluding carboxylic acids is 1. The monoisotopic (exact) mass is 289 g/mol. The summed E-state index contributed by atoms with van der Waals surface area (Å²) < 4.78 is 5.64. The molecule has 1 atom stereocenters. The molecule has 3 rings (SSSR count). The Balaban J connectivity index is 1.74. The largest absolute Gasteiger partial charge is 0.435 e. The van der Waals surface area contributed by atoms with Gasteiger partial charge in [-0.05, 0) is 13.3 Å². The number of likely N-dealkylation sites (tertiary alicyclic amines) is 1. The molecule has 7 heteroatoms. The number of hydrogen-bond acceptors (Lipinski definition) is 5. The van der Waals surface area contributed by atoms with Gasteiger partial charge in [-0.1, -0.05) is 13.8 Å². The number of amides is 1. The first-order valence-corrected chi connectivity index (χ1v) is 7.18. The topological polar surface area (TPSA) is 87.9 Å². The summed E-state index contributed by atoms with van der Waals surface area (Å²) in [6.07, 6.45) is 2.38. The molecule has 0 aromatic carbocycles. The fourth-order valence-corrected chi connectivity index (χ4v) is 2.59. The van der Waals surface area contributed by atoms with Crippen LogP contribution in [-0.4, -0.2) is 44.1 Å². The number of nitrogens with one attached hydrogen (secondary N) is 1. The molecule has 2 aromatic heterocycles. The number of carbonyl (C=O) groups is 1. The second-order valence-electron chi connectivity index (χ2n) is 5.73. The van der Waals surface area contributed by atoms with Crippen LogP contribution in [0.5, 0.6) is 0 Å². The molecule has 112 valence electrons. The first kappa shape index (κ1) is 13.8. The van der Waals surface area contributed by atoms with Crippen LogP contribution >= 0.6 is 0 Å². The van der Waals surface area contributed by atoms with E-state index in [1.54, 1.807) is 4.90 Å². The third kappa shape index (κ3) is 2.55. The predicted molar refractivity (Wildman–Crippen MR) is 75.0 cm³/mol. The summed E-state index contributed by atoms with van der Waals surface area (Å²) in [5.41, 5.74) is 0.659. The highest BCUT2D eigenvalue weighted by atomic mass is 16.4. The third-order valence-electron chi connectivity index (χ3n) is 3.80. The van der Waals surface area contributed by atoms with Gasteiger partial charge in [0.05, 0.1) is 5.69 Å². The zero-order valence-corrected chi connectivity index (χ0v) is 12.5. The van der Waals surface area contributed by atoms with Gasteiger partial charge in [-0.2, -0.15) is 5.10 Å².